The van der Waals surface area contributed by atoms with Crippen LogP contribution in [0.4, 0.5) is 5.82 Å². The summed E-state index contributed by atoms with van der Waals surface area (Å²) in [6.45, 7) is 4.01. The molecule has 1 aromatic rings. The second-order valence-electron chi connectivity index (χ2n) is 4.63. The number of carboxylic acid groups (broad SMARTS) is 1. The van der Waals surface area contributed by atoms with Gasteiger partial charge < -0.3 is 15.3 Å². The lowest BCUT2D eigenvalue weighted by Gasteiger charge is -2.19. The van der Waals surface area contributed by atoms with E-state index < -0.39 is 5.97 Å². The van der Waals surface area contributed by atoms with Gasteiger partial charge >= 0.3 is 5.97 Å². The van der Waals surface area contributed by atoms with Crippen molar-refractivity contribution in [2.45, 2.75) is 19.8 Å². The number of hydrogen-bond acceptors (Lipinski definition) is 4. The van der Waals surface area contributed by atoms with Gasteiger partial charge in [-0.05, 0) is 18.1 Å². The Labute approximate surface area is 112 Å². The van der Waals surface area contributed by atoms with Crippen molar-refractivity contribution >= 4 is 17.7 Å². The van der Waals surface area contributed by atoms with Gasteiger partial charge in [0.25, 0.3) is 0 Å². The third-order valence-corrected chi connectivity index (χ3v) is 2.72. The van der Waals surface area contributed by atoms with Crippen molar-refractivity contribution in [3.05, 3.63) is 23.4 Å². The Hall–Kier alpha value is -2.11. The van der Waals surface area contributed by atoms with Gasteiger partial charge in [0.1, 0.15) is 5.82 Å². The molecule has 0 bridgehead atoms. The number of nitrogens with zero attached hydrogens (tertiary/aromatic N) is 2. The van der Waals surface area contributed by atoms with Crippen LogP contribution in [0.2, 0.25) is 0 Å². The number of anilines is 1. The van der Waals surface area contributed by atoms with Crippen molar-refractivity contribution < 1.29 is 14.7 Å². The van der Waals surface area contributed by atoms with Crippen LogP contribution in [0.5, 0.6) is 0 Å². The molecule has 0 radical (unpaired) electrons. The summed E-state index contributed by atoms with van der Waals surface area (Å²) in [7, 11) is 3.25. The van der Waals surface area contributed by atoms with Crippen LogP contribution in [0.3, 0.4) is 0 Å². The number of aromatic carboxylic acids is 1. The zero-order valence-electron chi connectivity index (χ0n) is 11.6. The van der Waals surface area contributed by atoms with Crippen LogP contribution in [0, 0.1) is 0 Å². The normalized spacial score (nSPS) is 10.4. The Morgan fingerprint density at radius 3 is 2.53 bits per heavy atom. The number of amides is 1. The number of likely N-dealkylation sites (N-methyl/N-ethyl adjacent to an activating group) is 2. The van der Waals surface area contributed by atoms with E-state index in [4.69, 9.17) is 5.11 Å². The summed E-state index contributed by atoms with van der Waals surface area (Å²) >= 11 is 0. The van der Waals surface area contributed by atoms with Crippen LogP contribution in [0.1, 0.15) is 35.8 Å². The summed E-state index contributed by atoms with van der Waals surface area (Å²) in [5.74, 6) is -0.561. The van der Waals surface area contributed by atoms with Crippen molar-refractivity contribution in [2.75, 3.05) is 25.5 Å². The van der Waals surface area contributed by atoms with Gasteiger partial charge in [-0.3, -0.25) is 4.79 Å². The molecule has 0 aromatic carbocycles. The topological polar surface area (TPSA) is 82.5 Å². The minimum atomic E-state index is -1.00. The average molecular weight is 265 g/mol. The molecule has 0 unspecified atom stereocenters. The van der Waals surface area contributed by atoms with E-state index >= 15 is 0 Å². The molecule has 104 valence electrons. The van der Waals surface area contributed by atoms with Gasteiger partial charge in [0.15, 0.2) is 0 Å². The molecule has 0 saturated heterocycles. The molecule has 0 saturated carbocycles. The summed E-state index contributed by atoms with van der Waals surface area (Å²) < 4.78 is 0. The van der Waals surface area contributed by atoms with Crippen molar-refractivity contribution in [1.29, 1.82) is 0 Å². The SMILES string of the molecule is CNC(=O)CN(C)c1cc(C(=O)O)cc(C(C)C)n1. The van der Waals surface area contributed by atoms with Gasteiger partial charge in [-0.25, -0.2) is 9.78 Å². The molecule has 0 fully saturated rings. The first-order chi connectivity index (χ1) is 8.85. The summed E-state index contributed by atoms with van der Waals surface area (Å²) in [5.41, 5.74) is 0.871. The van der Waals surface area contributed by atoms with E-state index in [9.17, 15) is 9.59 Å². The first-order valence-corrected chi connectivity index (χ1v) is 6.02. The molecule has 0 spiro atoms. The number of hydrogen-bond donors (Lipinski definition) is 2. The van der Waals surface area contributed by atoms with Crippen molar-refractivity contribution in [1.82, 2.24) is 10.3 Å². The maximum absolute atomic E-state index is 11.3. The van der Waals surface area contributed by atoms with Crippen molar-refractivity contribution in [3.8, 4) is 0 Å². The van der Waals surface area contributed by atoms with E-state index in [2.05, 4.69) is 10.3 Å². The van der Waals surface area contributed by atoms with Gasteiger partial charge in [-0.2, -0.15) is 0 Å². The van der Waals surface area contributed by atoms with Gasteiger partial charge in [-0.1, -0.05) is 13.8 Å². The summed E-state index contributed by atoms with van der Waals surface area (Å²) in [6, 6.07) is 3.03. The lowest BCUT2D eigenvalue weighted by molar-refractivity contribution is -0.119. The van der Waals surface area contributed by atoms with E-state index in [1.165, 1.54) is 6.07 Å². The predicted molar refractivity (Wildman–Crippen MR) is 72.6 cm³/mol. The second-order valence-corrected chi connectivity index (χ2v) is 4.63. The predicted octanol–water partition coefficient (Wildman–Crippen LogP) is 1.09. The molecule has 2 N–H and O–H groups in total. The Bertz CT molecular complexity index is 486. The molecule has 1 aromatic heterocycles. The lowest BCUT2D eigenvalue weighted by Crippen LogP contribution is -2.33. The third-order valence-electron chi connectivity index (χ3n) is 2.72. The molecular weight excluding hydrogens is 246 g/mol. The number of nitrogens with one attached hydrogen (secondary N) is 1. The fraction of sp³-hybridized carbons (Fsp3) is 0.462. The molecule has 0 atom stereocenters. The maximum atomic E-state index is 11.3. The number of rotatable bonds is 5. The molecular formula is C13H19N3O3. The molecule has 6 nitrogen and oxygen atoms in total. The molecule has 0 aliphatic heterocycles. The van der Waals surface area contributed by atoms with Gasteiger partial charge in [0.2, 0.25) is 5.91 Å². The Morgan fingerprint density at radius 1 is 1.42 bits per heavy atom. The maximum Gasteiger partial charge on any atom is 0.335 e. The summed E-state index contributed by atoms with van der Waals surface area (Å²) in [5, 5.41) is 11.6. The Balaban J connectivity index is 3.12. The first-order valence-electron chi connectivity index (χ1n) is 6.02. The molecule has 0 aliphatic carbocycles. The molecule has 6 heteroatoms. The Kier molecular flexibility index (Phi) is 4.86. The van der Waals surface area contributed by atoms with Gasteiger partial charge in [-0.15, -0.1) is 0 Å². The van der Waals surface area contributed by atoms with Crippen molar-refractivity contribution in [2.24, 2.45) is 0 Å². The third kappa shape index (κ3) is 3.94. The highest BCUT2D eigenvalue weighted by atomic mass is 16.4. The minimum Gasteiger partial charge on any atom is -0.478 e. The van der Waals surface area contributed by atoms with E-state index in [0.29, 0.717) is 11.5 Å². The number of carboxylic acids is 1. The molecule has 1 heterocycles. The van der Waals surface area contributed by atoms with Crippen LogP contribution in [-0.4, -0.2) is 42.6 Å². The highest BCUT2D eigenvalue weighted by Crippen LogP contribution is 2.19. The standard InChI is InChI=1S/C13H19N3O3/c1-8(2)10-5-9(13(18)19)6-11(15-10)16(4)7-12(17)14-3/h5-6,8H,7H2,1-4H3,(H,14,17)(H,18,19). The molecule has 19 heavy (non-hydrogen) atoms. The average Bonchev–Trinajstić information content (AvgIpc) is 2.37. The van der Waals surface area contributed by atoms with E-state index in [-0.39, 0.29) is 23.9 Å². The summed E-state index contributed by atoms with van der Waals surface area (Å²) in [4.78, 5) is 28.4. The number of carbonyl (C=O) groups is 2. The number of carbonyl (C=O) groups excluding carboxylic acids is 1. The molecule has 1 amide bonds. The molecule has 0 aliphatic rings. The highest BCUT2D eigenvalue weighted by Gasteiger charge is 2.14. The van der Waals surface area contributed by atoms with Crippen LogP contribution in [0.15, 0.2) is 12.1 Å². The quantitative estimate of drug-likeness (QED) is 0.832. The zero-order valence-corrected chi connectivity index (χ0v) is 11.6. The fourth-order valence-electron chi connectivity index (χ4n) is 1.53. The zero-order chi connectivity index (χ0) is 14.6. The van der Waals surface area contributed by atoms with Crippen molar-refractivity contribution in [3.63, 3.8) is 0 Å². The van der Waals surface area contributed by atoms with E-state index in [1.807, 2.05) is 13.8 Å². The van der Waals surface area contributed by atoms with Gasteiger partial charge in [0, 0.05) is 19.8 Å². The van der Waals surface area contributed by atoms with Crippen LogP contribution in [0.25, 0.3) is 0 Å². The smallest absolute Gasteiger partial charge is 0.335 e. The monoisotopic (exact) mass is 265 g/mol. The first kappa shape index (κ1) is 14.9. The second kappa shape index (κ2) is 6.17. The van der Waals surface area contributed by atoms with Crippen LogP contribution >= 0.6 is 0 Å². The largest absolute Gasteiger partial charge is 0.478 e. The Morgan fingerprint density at radius 2 is 2.05 bits per heavy atom. The van der Waals surface area contributed by atoms with Crippen LogP contribution in [-0.2, 0) is 4.79 Å². The van der Waals surface area contributed by atoms with E-state index in [1.54, 1.807) is 25.1 Å². The molecule has 1 rings (SSSR count). The lowest BCUT2D eigenvalue weighted by atomic mass is 10.1. The van der Waals surface area contributed by atoms with Crippen LogP contribution < -0.4 is 10.2 Å². The fourth-order valence-corrected chi connectivity index (χ4v) is 1.53. The summed E-state index contributed by atoms with van der Waals surface area (Å²) in [6.07, 6.45) is 0. The van der Waals surface area contributed by atoms with E-state index in [0.717, 1.165) is 0 Å². The highest BCUT2D eigenvalue weighted by molar-refractivity contribution is 5.89. The number of aromatic nitrogens is 1. The minimum absolute atomic E-state index is 0.117. The number of pyridine rings is 1. The van der Waals surface area contributed by atoms with Gasteiger partial charge in [0.05, 0.1) is 12.1 Å².